The molecule has 0 unspecified atom stereocenters. The molecule has 3 aromatic rings. The fraction of sp³-hybridized carbons (Fsp3) is 0.222. The first-order chi connectivity index (χ1) is 11.6. The minimum atomic E-state index is -0.319. The van der Waals surface area contributed by atoms with Crippen LogP contribution in [-0.2, 0) is 23.5 Å². The third-order valence-electron chi connectivity index (χ3n) is 3.60. The molecule has 0 radical (unpaired) electrons. The molecule has 2 aromatic carbocycles. The number of hydrogen-bond donors (Lipinski definition) is 0. The number of esters is 1. The van der Waals surface area contributed by atoms with E-state index >= 15 is 0 Å². The van der Waals surface area contributed by atoms with Gasteiger partial charge in [-0.3, -0.25) is 9.48 Å². The van der Waals surface area contributed by atoms with Crippen molar-refractivity contribution in [3.63, 3.8) is 0 Å². The van der Waals surface area contributed by atoms with Gasteiger partial charge in [-0.2, -0.15) is 5.10 Å². The Morgan fingerprint density at radius 2 is 2.08 bits per heavy atom. The van der Waals surface area contributed by atoms with Crippen molar-refractivity contribution < 1.29 is 9.53 Å². The van der Waals surface area contributed by atoms with Crippen LogP contribution in [0.4, 0.5) is 0 Å². The topological polar surface area (TPSA) is 44.1 Å². The van der Waals surface area contributed by atoms with Crippen LogP contribution in [0.15, 0.2) is 47.4 Å². The summed E-state index contributed by atoms with van der Waals surface area (Å²) in [6.07, 6.45) is 0. The van der Waals surface area contributed by atoms with E-state index < -0.39 is 0 Å². The van der Waals surface area contributed by atoms with Crippen molar-refractivity contribution in [3.05, 3.63) is 53.9 Å². The quantitative estimate of drug-likeness (QED) is 0.290. The zero-order valence-electron chi connectivity index (χ0n) is 13.5. The molecule has 3 rings (SSSR count). The minimum absolute atomic E-state index is 0.319. The summed E-state index contributed by atoms with van der Waals surface area (Å²) in [5, 5.41) is 6.33. The maximum atomic E-state index is 11.4. The van der Waals surface area contributed by atoms with E-state index in [9.17, 15) is 4.79 Å². The highest BCUT2D eigenvalue weighted by Crippen LogP contribution is 2.33. The van der Waals surface area contributed by atoms with Crippen LogP contribution in [0.1, 0.15) is 18.3 Å². The van der Waals surface area contributed by atoms with Crippen LogP contribution >= 0.6 is 23.4 Å². The summed E-state index contributed by atoms with van der Waals surface area (Å²) in [5.41, 5.74) is 1.96. The van der Waals surface area contributed by atoms with Gasteiger partial charge in [-0.15, -0.1) is 23.4 Å². The predicted octanol–water partition coefficient (Wildman–Crippen LogP) is 4.53. The lowest BCUT2D eigenvalue weighted by atomic mass is 10.1. The highest BCUT2D eigenvalue weighted by Gasteiger charge is 2.10. The normalized spacial score (nSPS) is 11.0. The van der Waals surface area contributed by atoms with Gasteiger partial charge in [-0.25, -0.2) is 0 Å². The van der Waals surface area contributed by atoms with Gasteiger partial charge in [0.15, 0.2) is 0 Å². The molecular formula is C18H17ClN2O2S. The largest absolute Gasteiger partial charge is 0.426 e. The van der Waals surface area contributed by atoms with Crippen molar-refractivity contribution in [1.29, 1.82) is 0 Å². The summed E-state index contributed by atoms with van der Waals surface area (Å²) < 4.78 is 7.22. The van der Waals surface area contributed by atoms with E-state index in [4.69, 9.17) is 16.3 Å². The average molecular weight is 361 g/mol. The third-order valence-corrected chi connectivity index (χ3v) is 4.88. The minimum Gasteiger partial charge on any atom is -0.426 e. The van der Waals surface area contributed by atoms with E-state index in [1.807, 2.05) is 48.1 Å². The van der Waals surface area contributed by atoms with Crippen molar-refractivity contribution in [2.75, 3.05) is 0 Å². The predicted molar refractivity (Wildman–Crippen MR) is 97.6 cm³/mol. The van der Waals surface area contributed by atoms with E-state index in [1.165, 1.54) is 6.92 Å². The van der Waals surface area contributed by atoms with Gasteiger partial charge in [0.05, 0.1) is 11.6 Å². The number of thioether (sulfide) groups is 1. The monoisotopic (exact) mass is 360 g/mol. The lowest BCUT2D eigenvalue weighted by Crippen LogP contribution is -2.02. The van der Waals surface area contributed by atoms with Gasteiger partial charge < -0.3 is 4.74 Å². The summed E-state index contributed by atoms with van der Waals surface area (Å²) in [4.78, 5) is 12.4. The number of aromatic nitrogens is 2. The molecule has 1 heterocycles. The lowest BCUT2D eigenvalue weighted by molar-refractivity contribution is -0.131. The van der Waals surface area contributed by atoms with E-state index in [2.05, 4.69) is 11.2 Å². The summed E-state index contributed by atoms with van der Waals surface area (Å²) in [5.74, 6) is 1.44. The highest BCUT2D eigenvalue weighted by molar-refractivity contribution is 7.98. The molecule has 124 valence electrons. The van der Waals surface area contributed by atoms with Crippen LogP contribution in [0.3, 0.4) is 0 Å². The number of halogens is 1. The zero-order valence-corrected chi connectivity index (χ0v) is 15.0. The number of carbonyl (C=O) groups is 1. The number of carbonyl (C=O) groups excluding carboxylic acids is 1. The van der Waals surface area contributed by atoms with Gasteiger partial charge in [0.2, 0.25) is 0 Å². The third kappa shape index (κ3) is 3.74. The first-order valence-electron chi connectivity index (χ1n) is 7.48. The Morgan fingerprint density at radius 3 is 2.79 bits per heavy atom. The number of benzene rings is 2. The standard InChI is InChI=1S/C18H17ClN2O2S/c1-12(22)23-18-9-16(7-13-5-3-4-6-17(13)18)24-11-15-8-14(10-19)20-21(15)2/h3-9H,10-11H2,1-2H3. The Balaban J connectivity index is 1.88. The Kier molecular flexibility index (Phi) is 5.11. The van der Waals surface area contributed by atoms with Gasteiger partial charge in [-0.05, 0) is 23.6 Å². The number of ether oxygens (including phenoxy) is 1. The van der Waals surface area contributed by atoms with E-state index in [1.54, 1.807) is 11.8 Å². The molecule has 0 aliphatic rings. The number of nitrogens with zero attached hydrogens (tertiary/aromatic N) is 2. The van der Waals surface area contributed by atoms with Crippen molar-refractivity contribution >= 4 is 40.1 Å². The Morgan fingerprint density at radius 1 is 1.29 bits per heavy atom. The molecular weight excluding hydrogens is 344 g/mol. The SMILES string of the molecule is CC(=O)Oc1cc(SCc2cc(CCl)nn2C)cc2ccccc12. The smallest absolute Gasteiger partial charge is 0.308 e. The Labute approximate surface area is 149 Å². The van der Waals surface area contributed by atoms with Crippen molar-refractivity contribution in [2.24, 2.45) is 7.05 Å². The van der Waals surface area contributed by atoms with Crippen LogP contribution in [0, 0.1) is 0 Å². The van der Waals surface area contributed by atoms with E-state index in [-0.39, 0.29) is 5.97 Å². The second kappa shape index (κ2) is 7.28. The van der Waals surface area contributed by atoms with Crippen molar-refractivity contribution in [3.8, 4) is 5.75 Å². The van der Waals surface area contributed by atoms with Crippen LogP contribution < -0.4 is 4.74 Å². The molecule has 0 saturated carbocycles. The fourth-order valence-electron chi connectivity index (χ4n) is 2.50. The molecule has 0 N–H and O–H groups in total. The maximum Gasteiger partial charge on any atom is 0.308 e. The van der Waals surface area contributed by atoms with Gasteiger partial charge in [-0.1, -0.05) is 24.3 Å². The number of hydrogen-bond acceptors (Lipinski definition) is 4. The molecule has 0 fully saturated rings. The van der Waals surface area contributed by atoms with Crippen molar-refractivity contribution in [2.45, 2.75) is 23.5 Å². The van der Waals surface area contributed by atoms with Crippen LogP contribution in [-0.4, -0.2) is 15.7 Å². The highest BCUT2D eigenvalue weighted by atomic mass is 35.5. The lowest BCUT2D eigenvalue weighted by Gasteiger charge is -2.10. The molecule has 0 amide bonds. The molecule has 0 aliphatic carbocycles. The van der Waals surface area contributed by atoms with Crippen LogP contribution in [0.25, 0.3) is 10.8 Å². The van der Waals surface area contributed by atoms with Gasteiger partial charge >= 0.3 is 5.97 Å². The molecule has 0 bridgehead atoms. The second-order valence-corrected chi connectivity index (χ2v) is 6.73. The number of fused-ring (bicyclic) bond motifs is 1. The molecule has 4 nitrogen and oxygen atoms in total. The molecule has 0 aliphatic heterocycles. The number of rotatable bonds is 5. The molecule has 24 heavy (non-hydrogen) atoms. The second-order valence-electron chi connectivity index (χ2n) is 5.41. The van der Waals surface area contributed by atoms with Gasteiger partial charge in [0.1, 0.15) is 5.75 Å². The Bertz CT molecular complexity index is 892. The van der Waals surface area contributed by atoms with E-state index in [0.29, 0.717) is 11.6 Å². The first-order valence-corrected chi connectivity index (χ1v) is 9.00. The van der Waals surface area contributed by atoms with E-state index in [0.717, 1.165) is 32.8 Å². The summed E-state index contributed by atoms with van der Waals surface area (Å²) in [6, 6.07) is 13.9. The summed E-state index contributed by atoms with van der Waals surface area (Å²) in [7, 11) is 1.91. The fourth-order valence-corrected chi connectivity index (χ4v) is 3.62. The molecule has 0 spiro atoms. The molecule has 0 saturated heterocycles. The summed E-state index contributed by atoms with van der Waals surface area (Å²) >= 11 is 7.51. The van der Waals surface area contributed by atoms with Gasteiger partial charge in [0.25, 0.3) is 0 Å². The average Bonchev–Trinajstić information content (AvgIpc) is 2.92. The van der Waals surface area contributed by atoms with Crippen LogP contribution in [0.2, 0.25) is 0 Å². The number of aryl methyl sites for hydroxylation is 1. The zero-order chi connectivity index (χ0) is 17.1. The van der Waals surface area contributed by atoms with Crippen LogP contribution in [0.5, 0.6) is 5.75 Å². The molecule has 0 atom stereocenters. The maximum absolute atomic E-state index is 11.4. The Hall–Kier alpha value is -1.98. The van der Waals surface area contributed by atoms with Gasteiger partial charge in [0, 0.05) is 35.7 Å². The van der Waals surface area contributed by atoms with Crippen molar-refractivity contribution in [1.82, 2.24) is 9.78 Å². The molecule has 6 heteroatoms. The first kappa shape index (κ1) is 16.9. The molecule has 1 aromatic heterocycles. The summed E-state index contributed by atoms with van der Waals surface area (Å²) in [6.45, 7) is 1.41. The number of alkyl halides is 1.